The molecule has 0 aliphatic carbocycles. The van der Waals surface area contributed by atoms with E-state index in [0.29, 0.717) is 29.9 Å². The number of nitrogens with zero attached hydrogens (tertiary/aromatic N) is 4. The number of nitrogen functional groups attached to an aromatic ring is 1. The first-order valence-electron chi connectivity index (χ1n) is 12.5. The van der Waals surface area contributed by atoms with E-state index in [0.717, 1.165) is 17.5 Å². The van der Waals surface area contributed by atoms with Crippen LogP contribution in [0.3, 0.4) is 0 Å². The van der Waals surface area contributed by atoms with Gasteiger partial charge in [-0.3, -0.25) is 4.79 Å². The second kappa shape index (κ2) is 10.2. The van der Waals surface area contributed by atoms with E-state index in [-0.39, 0.29) is 28.1 Å². The number of sulfonamides is 1. The van der Waals surface area contributed by atoms with Crippen LogP contribution >= 0.6 is 0 Å². The van der Waals surface area contributed by atoms with Gasteiger partial charge in [-0.1, -0.05) is 13.0 Å². The largest absolute Gasteiger partial charge is 0.475 e. The van der Waals surface area contributed by atoms with Gasteiger partial charge in [-0.2, -0.15) is 8.42 Å². The topological polar surface area (TPSA) is 140 Å². The molecule has 4 rings (SSSR count). The van der Waals surface area contributed by atoms with Crippen molar-refractivity contribution >= 4 is 27.6 Å². The number of aromatic nitrogens is 3. The SMILES string of the molecule is Cc1cc(-c2ccc(C(=O)NS(=O)(=O)c3cccc(N)n3)c(N3CCC(C)C3(C)C)n2)cnc1OC(C)C. The molecule has 3 aromatic rings. The van der Waals surface area contributed by atoms with E-state index in [1.807, 2.05) is 26.8 Å². The van der Waals surface area contributed by atoms with Gasteiger partial charge in [0.05, 0.1) is 17.4 Å². The van der Waals surface area contributed by atoms with Gasteiger partial charge >= 0.3 is 0 Å². The van der Waals surface area contributed by atoms with Crippen LogP contribution < -0.4 is 20.1 Å². The molecule has 1 unspecified atom stereocenters. The van der Waals surface area contributed by atoms with E-state index in [2.05, 4.69) is 40.4 Å². The molecule has 11 heteroatoms. The van der Waals surface area contributed by atoms with Gasteiger partial charge in [-0.25, -0.2) is 19.7 Å². The standard InChI is InChI=1S/C27H34N6O4S/c1-16(2)37-26-17(3)14-19(15-29-26)21-11-10-20(24(30-21)33-13-12-18(4)27(33,5)6)25(34)32-38(35,36)23-9-7-8-22(28)31-23/h7-11,14-16,18H,12-13H2,1-6H3,(H2,28,31)(H,32,34). The number of hydrogen-bond acceptors (Lipinski definition) is 9. The molecule has 4 heterocycles. The van der Waals surface area contributed by atoms with Crippen molar-refractivity contribution in [3.63, 3.8) is 0 Å². The quantitative estimate of drug-likeness (QED) is 0.457. The average molecular weight is 539 g/mol. The number of aryl methyl sites for hydroxylation is 1. The number of rotatable bonds is 7. The lowest BCUT2D eigenvalue weighted by Crippen LogP contribution is -2.43. The summed E-state index contributed by atoms with van der Waals surface area (Å²) in [6.45, 7) is 12.8. The van der Waals surface area contributed by atoms with Crippen molar-refractivity contribution in [1.82, 2.24) is 19.7 Å². The van der Waals surface area contributed by atoms with Gasteiger partial charge in [0.15, 0.2) is 5.03 Å². The lowest BCUT2D eigenvalue weighted by atomic mass is 9.90. The molecule has 1 aliphatic heterocycles. The highest BCUT2D eigenvalue weighted by atomic mass is 32.2. The van der Waals surface area contributed by atoms with Crippen molar-refractivity contribution in [3.8, 4) is 17.1 Å². The summed E-state index contributed by atoms with van der Waals surface area (Å²) in [6, 6.07) is 9.44. The second-order valence-corrected chi connectivity index (χ2v) is 12.0. The van der Waals surface area contributed by atoms with Crippen LogP contribution in [0.1, 0.15) is 57.0 Å². The van der Waals surface area contributed by atoms with Crippen molar-refractivity contribution in [3.05, 3.63) is 53.7 Å². The average Bonchev–Trinajstić information content (AvgIpc) is 3.11. The van der Waals surface area contributed by atoms with E-state index < -0.39 is 15.9 Å². The summed E-state index contributed by atoms with van der Waals surface area (Å²) >= 11 is 0. The summed E-state index contributed by atoms with van der Waals surface area (Å²) in [4.78, 5) is 28.6. The highest BCUT2D eigenvalue weighted by Crippen LogP contribution is 2.39. The van der Waals surface area contributed by atoms with Gasteiger partial charge in [0.1, 0.15) is 11.6 Å². The lowest BCUT2D eigenvalue weighted by molar-refractivity contribution is 0.0981. The van der Waals surface area contributed by atoms with Gasteiger partial charge in [-0.15, -0.1) is 0 Å². The van der Waals surface area contributed by atoms with Crippen LogP contribution in [0.4, 0.5) is 11.6 Å². The number of carbonyl (C=O) groups excluding carboxylic acids is 1. The normalized spacial score (nSPS) is 17.0. The molecular formula is C27H34N6O4S. The molecule has 38 heavy (non-hydrogen) atoms. The summed E-state index contributed by atoms with van der Waals surface area (Å²) < 4.78 is 33.7. The summed E-state index contributed by atoms with van der Waals surface area (Å²) in [7, 11) is -4.25. The Balaban J connectivity index is 1.76. The predicted molar refractivity (Wildman–Crippen MR) is 146 cm³/mol. The maximum Gasteiger partial charge on any atom is 0.281 e. The summed E-state index contributed by atoms with van der Waals surface area (Å²) in [5.74, 6) is 0.530. The van der Waals surface area contributed by atoms with E-state index in [4.69, 9.17) is 15.5 Å². The zero-order valence-corrected chi connectivity index (χ0v) is 23.3. The van der Waals surface area contributed by atoms with E-state index >= 15 is 0 Å². The van der Waals surface area contributed by atoms with E-state index in [1.165, 1.54) is 18.2 Å². The third-order valence-electron chi connectivity index (χ3n) is 6.98. The third-order valence-corrected chi connectivity index (χ3v) is 8.22. The molecule has 0 radical (unpaired) electrons. The van der Waals surface area contributed by atoms with Crippen molar-refractivity contribution in [1.29, 1.82) is 0 Å². The number of amides is 1. The molecule has 0 bridgehead atoms. The maximum atomic E-state index is 13.4. The maximum absolute atomic E-state index is 13.4. The van der Waals surface area contributed by atoms with E-state index in [9.17, 15) is 13.2 Å². The Morgan fingerprint density at radius 2 is 1.95 bits per heavy atom. The molecule has 1 saturated heterocycles. The summed E-state index contributed by atoms with van der Waals surface area (Å²) in [6.07, 6.45) is 2.59. The third kappa shape index (κ3) is 5.42. The van der Waals surface area contributed by atoms with Gasteiger partial charge in [0.2, 0.25) is 5.88 Å². The van der Waals surface area contributed by atoms with Crippen molar-refractivity contribution in [2.24, 2.45) is 5.92 Å². The number of pyridine rings is 3. The Kier molecular flexibility index (Phi) is 7.33. The Labute approximate surface area is 223 Å². The Hall–Kier alpha value is -3.73. The van der Waals surface area contributed by atoms with Gasteiger partial charge < -0.3 is 15.4 Å². The van der Waals surface area contributed by atoms with Crippen molar-refractivity contribution < 1.29 is 17.9 Å². The monoisotopic (exact) mass is 538 g/mol. The fraction of sp³-hybridized carbons (Fsp3) is 0.407. The number of nitrogens with two attached hydrogens (primary N) is 1. The molecule has 1 atom stereocenters. The van der Waals surface area contributed by atoms with Crippen LogP contribution in [0.15, 0.2) is 47.6 Å². The highest BCUT2D eigenvalue weighted by molar-refractivity contribution is 7.90. The van der Waals surface area contributed by atoms with Crippen LogP contribution in [-0.2, 0) is 10.0 Å². The minimum absolute atomic E-state index is 0.00670. The molecule has 1 amide bonds. The molecule has 3 aromatic heterocycles. The smallest absolute Gasteiger partial charge is 0.281 e. The summed E-state index contributed by atoms with van der Waals surface area (Å²) in [5, 5.41) is -0.336. The van der Waals surface area contributed by atoms with E-state index in [1.54, 1.807) is 18.3 Å². The first kappa shape index (κ1) is 27.3. The van der Waals surface area contributed by atoms with Crippen LogP contribution in [0.2, 0.25) is 0 Å². The minimum Gasteiger partial charge on any atom is -0.475 e. The Morgan fingerprint density at radius 1 is 1.21 bits per heavy atom. The number of anilines is 2. The molecule has 0 spiro atoms. The lowest BCUT2D eigenvalue weighted by Gasteiger charge is -2.36. The second-order valence-electron chi connectivity index (χ2n) is 10.4. The van der Waals surface area contributed by atoms with Crippen LogP contribution in [-0.4, -0.2) is 47.5 Å². The number of hydrogen-bond donors (Lipinski definition) is 2. The molecule has 0 saturated carbocycles. The Bertz CT molecular complexity index is 1470. The first-order valence-corrected chi connectivity index (χ1v) is 14.0. The molecule has 1 fully saturated rings. The molecule has 202 valence electrons. The molecule has 1 aliphatic rings. The fourth-order valence-electron chi connectivity index (χ4n) is 4.46. The zero-order valence-electron chi connectivity index (χ0n) is 22.5. The van der Waals surface area contributed by atoms with Crippen molar-refractivity contribution in [2.45, 2.75) is 64.6 Å². The zero-order chi connectivity index (χ0) is 27.8. The van der Waals surface area contributed by atoms with Gasteiger partial charge in [0, 0.05) is 29.4 Å². The Morgan fingerprint density at radius 3 is 2.55 bits per heavy atom. The molecular weight excluding hydrogens is 504 g/mol. The van der Waals surface area contributed by atoms with Crippen molar-refractivity contribution in [2.75, 3.05) is 17.2 Å². The summed E-state index contributed by atoms with van der Waals surface area (Å²) in [5.41, 5.74) is 7.71. The van der Waals surface area contributed by atoms with Crippen LogP contribution in [0.25, 0.3) is 11.3 Å². The molecule has 3 N–H and O–H groups in total. The number of ether oxygens (including phenoxy) is 1. The molecule has 0 aromatic carbocycles. The fourth-order valence-corrected chi connectivity index (χ4v) is 5.40. The number of carbonyl (C=O) groups is 1. The van der Waals surface area contributed by atoms with Gasteiger partial charge in [-0.05, 0) is 77.3 Å². The highest BCUT2D eigenvalue weighted by Gasteiger charge is 2.41. The predicted octanol–water partition coefficient (Wildman–Crippen LogP) is 3.96. The number of nitrogens with one attached hydrogen (secondary N) is 1. The first-order chi connectivity index (χ1) is 17.8. The van der Waals surface area contributed by atoms with Crippen LogP contribution in [0, 0.1) is 12.8 Å². The molecule has 10 nitrogen and oxygen atoms in total. The minimum atomic E-state index is -4.25. The van der Waals surface area contributed by atoms with Gasteiger partial charge in [0.25, 0.3) is 15.9 Å². The van der Waals surface area contributed by atoms with Crippen LogP contribution in [0.5, 0.6) is 5.88 Å².